The van der Waals surface area contributed by atoms with Crippen molar-refractivity contribution in [3.8, 4) is 5.75 Å². The number of aliphatic hydroxyl groups excluding tert-OH is 1. The van der Waals surface area contributed by atoms with E-state index in [2.05, 4.69) is 0 Å². The lowest BCUT2D eigenvalue weighted by Gasteiger charge is -2.27. The molecule has 0 spiro atoms. The number of carbonyl (C=O) groups excluding carboxylic acids is 2. The van der Waals surface area contributed by atoms with Crippen molar-refractivity contribution in [1.82, 2.24) is 0 Å². The predicted octanol–water partition coefficient (Wildman–Crippen LogP) is 5.25. The summed E-state index contributed by atoms with van der Waals surface area (Å²) in [5.41, 5.74) is 4.83. The number of amides is 1. The number of hydrogen-bond donors (Lipinski definition) is 1. The molecule has 0 aromatic heterocycles. The highest BCUT2D eigenvalue weighted by Crippen LogP contribution is 2.45. The molecule has 5 heteroatoms. The van der Waals surface area contributed by atoms with E-state index in [9.17, 15) is 14.7 Å². The molecular weight excluding hydrogens is 402 g/mol. The Morgan fingerprint density at radius 2 is 1.66 bits per heavy atom. The van der Waals surface area contributed by atoms with E-state index in [0.29, 0.717) is 17.0 Å². The molecule has 162 valence electrons. The van der Waals surface area contributed by atoms with Crippen molar-refractivity contribution in [3.63, 3.8) is 0 Å². The van der Waals surface area contributed by atoms with Crippen LogP contribution in [0.15, 0.2) is 72.3 Å². The second-order valence-electron chi connectivity index (χ2n) is 8.05. The number of benzene rings is 3. The molecule has 1 fully saturated rings. The fourth-order valence-corrected chi connectivity index (χ4v) is 4.11. The van der Waals surface area contributed by atoms with E-state index >= 15 is 0 Å². The van der Waals surface area contributed by atoms with E-state index in [1.54, 1.807) is 30.3 Å². The SMILES string of the molecule is COc1ccccc1N1C(=O)C(=O)/C(=C(\O)c2ccc(C)c(C)c2)C1c1cccc(C)c1. The van der Waals surface area contributed by atoms with Crippen molar-refractivity contribution in [2.45, 2.75) is 26.8 Å². The summed E-state index contributed by atoms with van der Waals surface area (Å²) in [6.45, 7) is 5.87. The number of ether oxygens (including phenoxy) is 1. The van der Waals surface area contributed by atoms with Gasteiger partial charge >= 0.3 is 0 Å². The van der Waals surface area contributed by atoms with Gasteiger partial charge in [0.1, 0.15) is 11.5 Å². The second kappa shape index (κ2) is 8.35. The average Bonchev–Trinajstić information content (AvgIpc) is 3.05. The van der Waals surface area contributed by atoms with E-state index < -0.39 is 17.7 Å². The quantitative estimate of drug-likeness (QED) is 0.351. The number of anilines is 1. The van der Waals surface area contributed by atoms with Crippen LogP contribution in [0.3, 0.4) is 0 Å². The molecule has 4 rings (SSSR count). The van der Waals surface area contributed by atoms with Crippen LogP contribution in [-0.2, 0) is 9.59 Å². The molecule has 0 bridgehead atoms. The van der Waals surface area contributed by atoms with Crippen molar-refractivity contribution in [2.75, 3.05) is 12.0 Å². The van der Waals surface area contributed by atoms with Crippen LogP contribution in [0.25, 0.3) is 5.76 Å². The Morgan fingerprint density at radius 3 is 2.34 bits per heavy atom. The molecule has 1 N–H and O–H groups in total. The average molecular weight is 428 g/mol. The van der Waals surface area contributed by atoms with Gasteiger partial charge < -0.3 is 9.84 Å². The lowest BCUT2D eigenvalue weighted by atomic mass is 9.93. The molecule has 1 saturated heterocycles. The van der Waals surface area contributed by atoms with Crippen LogP contribution in [0.2, 0.25) is 0 Å². The van der Waals surface area contributed by atoms with Gasteiger partial charge in [0.15, 0.2) is 0 Å². The zero-order chi connectivity index (χ0) is 23.0. The maximum Gasteiger partial charge on any atom is 0.300 e. The van der Waals surface area contributed by atoms with Gasteiger partial charge in [-0.1, -0.05) is 54.1 Å². The predicted molar refractivity (Wildman–Crippen MR) is 125 cm³/mol. The lowest BCUT2D eigenvalue weighted by Crippen LogP contribution is -2.29. The highest BCUT2D eigenvalue weighted by molar-refractivity contribution is 6.51. The summed E-state index contributed by atoms with van der Waals surface area (Å²) in [6, 6.07) is 19.4. The van der Waals surface area contributed by atoms with Crippen LogP contribution in [0, 0.1) is 20.8 Å². The fourth-order valence-electron chi connectivity index (χ4n) is 4.11. The summed E-state index contributed by atoms with van der Waals surface area (Å²) in [4.78, 5) is 28.0. The van der Waals surface area contributed by atoms with Gasteiger partial charge in [0.25, 0.3) is 11.7 Å². The monoisotopic (exact) mass is 427 g/mol. The molecule has 3 aromatic carbocycles. The zero-order valence-electron chi connectivity index (χ0n) is 18.5. The number of hydrogen-bond acceptors (Lipinski definition) is 4. The molecule has 1 heterocycles. The third kappa shape index (κ3) is 3.56. The van der Waals surface area contributed by atoms with Gasteiger partial charge in [0.05, 0.1) is 24.4 Å². The molecular formula is C27H25NO4. The second-order valence-corrected chi connectivity index (χ2v) is 8.05. The Kier molecular flexibility index (Phi) is 5.57. The summed E-state index contributed by atoms with van der Waals surface area (Å²) < 4.78 is 5.47. The minimum absolute atomic E-state index is 0.0646. The summed E-state index contributed by atoms with van der Waals surface area (Å²) in [5, 5.41) is 11.3. The Hall–Kier alpha value is -3.86. The minimum atomic E-state index is -0.784. The number of methoxy groups -OCH3 is 1. The van der Waals surface area contributed by atoms with Crippen LogP contribution < -0.4 is 9.64 Å². The molecule has 1 aliphatic heterocycles. The third-order valence-electron chi connectivity index (χ3n) is 5.93. The first-order chi connectivity index (χ1) is 15.3. The number of carbonyl (C=O) groups is 2. The fraction of sp³-hybridized carbons (Fsp3) is 0.185. The molecule has 1 amide bonds. The van der Waals surface area contributed by atoms with Gasteiger partial charge in [-0.2, -0.15) is 0 Å². The van der Waals surface area contributed by atoms with E-state index in [-0.39, 0.29) is 11.3 Å². The van der Waals surface area contributed by atoms with Crippen molar-refractivity contribution in [1.29, 1.82) is 0 Å². The number of aliphatic hydroxyl groups is 1. The molecule has 3 aromatic rings. The van der Waals surface area contributed by atoms with E-state index in [0.717, 1.165) is 22.3 Å². The van der Waals surface area contributed by atoms with Crippen LogP contribution in [0.5, 0.6) is 5.75 Å². The first-order valence-electron chi connectivity index (χ1n) is 10.4. The van der Waals surface area contributed by atoms with Gasteiger partial charge in [0, 0.05) is 5.56 Å². The van der Waals surface area contributed by atoms with Crippen molar-refractivity contribution in [3.05, 3.63) is 100 Å². The van der Waals surface area contributed by atoms with Crippen molar-refractivity contribution < 1.29 is 19.4 Å². The van der Waals surface area contributed by atoms with Gasteiger partial charge in [-0.05, 0) is 55.7 Å². The number of Topliss-reactive ketones (excluding diaryl/α,β-unsaturated/α-hetero) is 1. The first-order valence-corrected chi connectivity index (χ1v) is 10.4. The Bertz CT molecular complexity index is 1260. The van der Waals surface area contributed by atoms with Gasteiger partial charge in [-0.25, -0.2) is 0 Å². The molecule has 0 radical (unpaired) electrons. The Balaban J connectivity index is 1.99. The normalized spacial score (nSPS) is 17.6. The molecule has 0 aliphatic carbocycles. The summed E-state index contributed by atoms with van der Waals surface area (Å²) in [5.74, 6) is -1.14. The van der Waals surface area contributed by atoms with Gasteiger partial charge in [0.2, 0.25) is 0 Å². The number of para-hydroxylation sites is 2. The number of aryl methyl sites for hydroxylation is 3. The molecule has 1 unspecified atom stereocenters. The summed E-state index contributed by atoms with van der Waals surface area (Å²) >= 11 is 0. The van der Waals surface area contributed by atoms with Gasteiger partial charge in [-0.15, -0.1) is 0 Å². The smallest absolute Gasteiger partial charge is 0.300 e. The lowest BCUT2D eigenvalue weighted by molar-refractivity contribution is -0.132. The largest absolute Gasteiger partial charge is 0.507 e. The maximum atomic E-state index is 13.3. The highest BCUT2D eigenvalue weighted by atomic mass is 16.5. The highest BCUT2D eigenvalue weighted by Gasteiger charge is 2.47. The summed E-state index contributed by atoms with van der Waals surface area (Å²) in [7, 11) is 1.52. The van der Waals surface area contributed by atoms with Crippen LogP contribution >= 0.6 is 0 Å². The Morgan fingerprint density at radius 1 is 0.906 bits per heavy atom. The molecule has 5 nitrogen and oxygen atoms in total. The standard InChI is InChI=1S/C27H25NO4/c1-16-8-7-9-19(14-16)24-23(25(29)20-13-12-17(2)18(3)15-20)26(30)27(31)28(24)21-10-5-6-11-22(21)32-4/h5-15,24,29H,1-4H3/b25-23-. The minimum Gasteiger partial charge on any atom is -0.507 e. The van der Waals surface area contributed by atoms with E-state index in [1.165, 1.54) is 12.0 Å². The van der Waals surface area contributed by atoms with E-state index in [4.69, 9.17) is 4.74 Å². The van der Waals surface area contributed by atoms with Crippen LogP contribution in [-0.4, -0.2) is 23.9 Å². The molecule has 1 atom stereocenters. The molecule has 0 saturated carbocycles. The Labute approximate surface area is 187 Å². The van der Waals surface area contributed by atoms with Crippen LogP contribution in [0.4, 0.5) is 5.69 Å². The molecule has 1 aliphatic rings. The zero-order valence-corrected chi connectivity index (χ0v) is 18.5. The van der Waals surface area contributed by atoms with E-state index in [1.807, 2.05) is 57.2 Å². The molecule has 32 heavy (non-hydrogen) atoms. The van der Waals surface area contributed by atoms with Crippen molar-refractivity contribution in [2.24, 2.45) is 0 Å². The third-order valence-corrected chi connectivity index (χ3v) is 5.93. The maximum absolute atomic E-state index is 13.3. The van der Waals surface area contributed by atoms with Crippen LogP contribution in [0.1, 0.15) is 33.9 Å². The first kappa shape index (κ1) is 21.4. The summed E-state index contributed by atoms with van der Waals surface area (Å²) in [6.07, 6.45) is 0. The number of nitrogens with zero attached hydrogens (tertiary/aromatic N) is 1. The number of ketones is 1. The van der Waals surface area contributed by atoms with Crippen molar-refractivity contribution >= 4 is 23.1 Å². The topological polar surface area (TPSA) is 66.8 Å². The van der Waals surface area contributed by atoms with Gasteiger partial charge in [-0.3, -0.25) is 14.5 Å². The number of rotatable bonds is 4.